The minimum atomic E-state index is 0.493. The summed E-state index contributed by atoms with van der Waals surface area (Å²) in [5.41, 5.74) is 1.42. The first kappa shape index (κ1) is 12.7. The van der Waals surface area contributed by atoms with E-state index in [1.807, 2.05) is 0 Å². The van der Waals surface area contributed by atoms with Crippen LogP contribution in [0.15, 0.2) is 16.8 Å². The van der Waals surface area contributed by atoms with Gasteiger partial charge < -0.3 is 5.32 Å². The van der Waals surface area contributed by atoms with Crippen molar-refractivity contribution < 1.29 is 0 Å². The number of unbranched alkanes of at least 4 members (excludes halogenated alkanes) is 2. The van der Waals surface area contributed by atoms with Gasteiger partial charge in [0.25, 0.3) is 0 Å². The van der Waals surface area contributed by atoms with E-state index in [1.54, 1.807) is 11.3 Å². The summed E-state index contributed by atoms with van der Waals surface area (Å²) < 4.78 is 0. The molecule has 1 aromatic rings. The van der Waals surface area contributed by atoms with Gasteiger partial charge >= 0.3 is 0 Å². The fourth-order valence-electron chi connectivity index (χ4n) is 1.83. The molecule has 0 aliphatic heterocycles. The second kappa shape index (κ2) is 7.02. The fourth-order valence-corrected chi connectivity index (χ4v) is 2.58. The maximum Gasteiger partial charge on any atom is 0.0302 e. The largest absolute Gasteiger partial charge is 0.308 e. The van der Waals surface area contributed by atoms with E-state index < -0.39 is 0 Å². The molecule has 0 fully saturated rings. The first-order valence-electron chi connectivity index (χ1n) is 6.02. The Kier molecular flexibility index (Phi) is 5.96. The van der Waals surface area contributed by atoms with Crippen LogP contribution in [-0.4, -0.2) is 6.04 Å². The highest BCUT2D eigenvalue weighted by atomic mass is 32.1. The Morgan fingerprint density at radius 3 is 2.73 bits per heavy atom. The predicted molar refractivity (Wildman–Crippen MR) is 69.5 cm³/mol. The highest BCUT2D eigenvalue weighted by molar-refractivity contribution is 7.07. The smallest absolute Gasteiger partial charge is 0.0302 e. The molecular weight excluding hydrogens is 202 g/mol. The minimum Gasteiger partial charge on any atom is -0.308 e. The lowest BCUT2D eigenvalue weighted by Gasteiger charge is -2.19. The zero-order chi connectivity index (χ0) is 11.1. The zero-order valence-electron chi connectivity index (χ0n) is 10.1. The molecule has 0 aliphatic carbocycles. The van der Waals surface area contributed by atoms with Crippen LogP contribution in [0, 0.1) is 0 Å². The maximum atomic E-state index is 3.65. The van der Waals surface area contributed by atoms with E-state index in [-0.39, 0.29) is 0 Å². The molecule has 86 valence electrons. The Balaban J connectivity index is 2.22. The van der Waals surface area contributed by atoms with Gasteiger partial charge in [0, 0.05) is 12.1 Å². The van der Waals surface area contributed by atoms with Crippen LogP contribution in [0.3, 0.4) is 0 Å². The standard InChI is InChI=1S/C13H23NS/c1-4-5-6-7-11(2)14-12(3)13-8-9-15-10-13/h8-12,14H,4-7H2,1-3H3. The SMILES string of the molecule is CCCCCC(C)NC(C)c1ccsc1. The Morgan fingerprint density at radius 1 is 1.33 bits per heavy atom. The number of hydrogen-bond acceptors (Lipinski definition) is 2. The van der Waals surface area contributed by atoms with Gasteiger partial charge in [0.1, 0.15) is 0 Å². The Bertz CT molecular complexity index is 243. The zero-order valence-corrected chi connectivity index (χ0v) is 10.9. The van der Waals surface area contributed by atoms with Gasteiger partial charge in [-0.1, -0.05) is 26.2 Å². The molecule has 1 nitrogen and oxygen atoms in total. The maximum absolute atomic E-state index is 3.65. The van der Waals surface area contributed by atoms with E-state index in [9.17, 15) is 0 Å². The van der Waals surface area contributed by atoms with E-state index in [0.717, 1.165) is 0 Å². The van der Waals surface area contributed by atoms with E-state index in [1.165, 1.54) is 31.2 Å². The van der Waals surface area contributed by atoms with Gasteiger partial charge in [-0.25, -0.2) is 0 Å². The van der Waals surface area contributed by atoms with Crippen LogP contribution in [-0.2, 0) is 0 Å². The molecule has 1 N–H and O–H groups in total. The van der Waals surface area contributed by atoms with Gasteiger partial charge in [-0.15, -0.1) is 0 Å². The van der Waals surface area contributed by atoms with Crippen LogP contribution < -0.4 is 5.32 Å². The van der Waals surface area contributed by atoms with Crippen molar-refractivity contribution in [2.75, 3.05) is 0 Å². The molecule has 0 spiro atoms. The third kappa shape index (κ3) is 4.80. The molecule has 2 heteroatoms. The molecule has 1 aromatic heterocycles. The monoisotopic (exact) mass is 225 g/mol. The summed E-state index contributed by atoms with van der Waals surface area (Å²) in [6.07, 6.45) is 5.31. The van der Waals surface area contributed by atoms with Crippen molar-refractivity contribution in [1.82, 2.24) is 5.32 Å². The lowest BCUT2D eigenvalue weighted by atomic mass is 10.1. The highest BCUT2D eigenvalue weighted by Crippen LogP contribution is 2.17. The Morgan fingerprint density at radius 2 is 2.13 bits per heavy atom. The van der Waals surface area contributed by atoms with Crippen LogP contribution in [0.2, 0.25) is 0 Å². The van der Waals surface area contributed by atoms with E-state index in [0.29, 0.717) is 12.1 Å². The first-order chi connectivity index (χ1) is 7.24. The average molecular weight is 225 g/mol. The predicted octanol–water partition coefficient (Wildman–Crippen LogP) is 4.37. The van der Waals surface area contributed by atoms with Gasteiger partial charge in [0.15, 0.2) is 0 Å². The lowest BCUT2D eigenvalue weighted by molar-refractivity contribution is 0.441. The normalized spacial score (nSPS) is 15.1. The summed E-state index contributed by atoms with van der Waals surface area (Å²) in [5.74, 6) is 0. The number of hydrogen-bond donors (Lipinski definition) is 1. The van der Waals surface area contributed by atoms with Crippen LogP contribution in [0.25, 0.3) is 0 Å². The fraction of sp³-hybridized carbons (Fsp3) is 0.692. The number of rotatable bonds is 7. The highest BCUT2D eigenvalue weighted by Gasteiger charge is 2.08. The van der Waals surface area contributed by atoms with Crippen molar-refractivity contribution >= 4 is 11.3 Å². The average Bonchev–Trinajstić information content (AvgIpc) is 2.70. The molecule has 0 aliphatic rings. The molecule has 2 atom stereocenters. The second-order valence-corrected chi connectivity index (χ2v) is 5.12. The van der Waals surface area contributed by atoms with E-state index in [4.69, 9.17) is 0 Å². The summed E-state index contributed by atoms with van der Waals surface area (Å²) in [5, 5.41) is 8.03. The van der Waals surface area contributed by atoms with Crippen LogP contribution in [0.5, 0.6) is 0 Å². The number of thiophene rings is 1. The molecule has 0 bridgehead atoms. The van der Waals surface area contributed by atoms with Gasteiger partial charge in [-0.05, 0) is 42.7 Å². The Hall–Kier alpha value is -0.340. The van der Waals surface area contributed by atoms with Crippen LogP contribution in [0.1, 0.15) is 58.1 Å². The van der Waals surface area contributed by atoms with Crippen LogP contribution >= 0.6 is 11.3 Å². The third-order valence-corrected chi connectivity index (χ3v) is 3.52. The summed E-state index contributed by atoms with van der Waals surface area (Å²) >= 11 is 1.78. The van der Waals surface area contributed by atoms with E-state index in [2.05, 4.69) is 42.9 Å². The van der Waals surface area contributed by atoms with Crippen molar-refractivity contribution in [3.05, 3.63) is 22.4 Å². The Labute approximate surface area is 97.9 Å². The topological polar surface area (TPSA) is 12.0 Å². The summed E-state index contributed by atoms with van der Waals surface area (Å²) in [7, 11) is 0. The molecule has 0 radical (unpaired) electrons. The second-order valence-electron chi connectivity index (χ2n) is 4.34. The molecule has 1 heterocycles. The molecular formula is C13H23NS. The lowest BCUT2D eigenvalue weighted by Crippen LogP contribution is -2.28. The van der Waals surface area contributed by atoms with Gasteiger partial charge in [-0.3, -0.25) is 0 Å². The molecule has 0 amide bonds. The summed E-state index contributed by atoms with van der Waals surface area (Å²) in [6.45, 7) is 6.79. The van der Waals surface area contributed by atoms with Gasteiger partial charge in [0.2, 0.25) is 0 Å². The molecule has 0 saturated heterocycles. The first-order valence-corrected chi connectivity index (χ1v) is 6.96. The quantitative estimate of drug-likeness (QED) is 0.680. The molecule has 2 unspecified atom stereocenters. The van der Waals surface area contributed by atoms with Crippen molar-refractivity contribution in [2.24, 2.45) is 0 Å². The summed E-state index contributed by atoms with van der Waals surface area (Å²) in [6, 6.07) is 3.33. The van der Waals surface area contributed by atoms with Crippen molar-refractivity contribution in [1.29, 1.82) is 0 Å². The van der Waals surface area contributed by atoms with Crippen molar-refractivity contribution in [2.45, 2.75) is 58.5 Å². The van der Waals surface area contributed by atoms with Gasteiger partial charge in [-0.2, -0.15) is 11.3 Å². The number of nitrogens with one attached hydrogen (secondary N) is 1. The van der Waals surface area contributed by atoms with Crippen molar-refractivity contribution in [3.63, 3.8) is 0 Å². The van der Waals surface area contributed by atoms with Crippen molar-refractivity contribution in [3.8, 4) is 0 Å². The third-order valence-electron chi connectivity index (χ3n) is 2.82. The molecule has 1 rings (SSSR count). The van der Waals surface area contributed by atoms with Gasteiger partial charge in [0.05, 0.1) is 0 Å². The van der Waals surface area contributed by atoms with E-state index >= 15 is 0 Å². The molecule has 0 saturated carbocycles. The van der Waals surface area contributed by atoms with Crippen LogP contribution in [0.4, 0.5) is 0 Å². The molecule has 15 heavy (non-hydrogen) atoms. The summed E-state index contributed by atoms with van der Waals surface area (Å²) in [4.78, 5) is 0. The minimum absolute atomic E-state index is 0.493. The molecule has 0 aromatic carbocycles.